The lowest BCUT2D eigenvalue weighted by Gasteiger charge is -2.02. The van der Waals surface area contributed by atoms with Gasteiger partial charge in [-0.3, -0.25) is 0 Å². The first-order valence-electron chi connectivity index (χ1n) is 4.10. The Balaban J connectivity index is 2.20. The maximum atomic E-state index is 11.0. The summed E-state index contributed by atoms with van der Waals surface area (Å²) in [5.74, 6) is 0. The number of aromatic nitrogens is 3. The molecule has 1 heterocycles. The van der Waals surface area contributed by atoms with Crippen molar-refractivity contribution in [3.05, 3.63) is 24.3 Å². The molecule has 0 aliphatic heterocycles. The number of hydrogen-bond acceptors (Lipinski definition) is 7. The van der Waals surface area contributed by atoms with Crippen LogP contribution in [0.4, 0.5) is 10.8 Å². The van der Waals surface area contributed by atoms with Crippen LogP contribution in [0.25, 0.3) is 0 Å². The van der Waals surface area contributed by atoms with Crippen LogP contribution in [0.2, 0.25) is 0 Å². The van der Waals surface area contributed by atoms with Crippen molar-refractivity contribution >= 4 is 32.4 Å². The van der Waals surface area contributed by atoms with Crippen molar-refractivity contribution < 1.29 is 8.42 Å². The third kappa shape index (κ3) is 2.51. The third-order valence-corrected chi connectivity index (χ3v) is 3.17. The first-order chi connectivity index (χ1) is 7.55. The molecule has 0 spiro atoms. The van der Waals surface area contributed by atoms with Gasteiger partial charge in [0.15, 0.2) is 0 Å². The van der Waals surface area contributed by atoms with Crippen molar-refractivity contribution in [2.24, 2.45) is 5.14 Å². The van der Waals surface area contributed by atoms with Gasteiger partial charge >= 0.3 is 0 Å². The van der Waals surface area contributed by atoms with Gasteiger partial charge in [-0.1, -0.05) is 9.59 Å². The second kappa shape index (κ2) is 4.12. The molecule has 9 heteroatoms. The number of nitrogens with two attached hydrogens (primary N) is 1. The van der Waals surface area contributed by atoms with Crippen molar-refractivity contribution in [2.75, 3.05) is 5.32 Å². The lowest BCUT2D eigenvalue weighted by atomic mass is 10.3. The number of primary sulfonamides is 1. The standard InChI is InChI=1S/C7H7N5O2S2/c8-16(13,14)6-3-1-5(2-4-6)9-7-10-11-12-15-7/h1-4H,(H2,8,13,14)(H,9,10,12). The summed E-state index contributed by atoms with van der Waals surface area (Å²) in [5.41, 5.74) is 0.686. The fraction of sp³-hybridized carbons (Fsp3) is 0. The molecule has 1 aromatic heterocycles. The molecule has 0 bridgehead atoms. The van der Waals surface area contributed by atoms with Crippen LogP contribution in [0.1, 0.15) is 0 Å². The van der Waals surface area contributed by atoms with E-state index >= 15 is 0 Å². The summed E-state index contributed by atoms with van der Waals surface area (Å²) in [6.45, 7) is 0. The fourth-order valence-electron chi connectivity index (χ4n) is 1.03. The third-order valence-electron chi connectivity index (χ3n) is 1.73. The number of sulfonamides is 1. The number of nitrogens with one attached hydrogen (secondary N) is 1. The summed E-state index contributed by atoms with van der Waals surface area (Å²) in [5, 5.41) is 15.5. The molecule has 2 aromatic rings. The molecule has 0 aliphatic carbocycles. The van der Waals surface area contributed by atoms with E-state index in [4.69, 9.17) is 5.14 Å². The molecule has 0 unspecified atom stereocenters. The van der Waals surface area contributed by atoms with Crippen LogP contribution < -0.4 is 10.5 Å². The Morgan fingerprint density at radius 1 is 1.25 bits per heavy atom. The van der Waals surface area contributed by atoms with Crippen LogP contribution in [-0.4, -0.2) is 23.2 Å². The molecule has 7 nitrogen and oxygen atoms in total. The Morgan fingerprint density at radius 3 is 2.44 bits per heavy atom. The minimum absolute atomic E-state index is 0.0634. The predicted molar refractivity (Wildman–Crippen MR) is 58.8 cm³/mol. The Bertz CT molecular complexity index is 563. The van der Waals surface area contributed by atoms with Crippen molar-refractivity contribution in [2.45, 2.75) is 4.90 Å². The average Bonchev–Trinajstić information content (AvgIpc) is 2.70. The van der Waals surface area contributed by atoms with Crippen LogP contribution in [0, 0.1) is 0 Å². The summed E-state index contributed by atoms with van der Waals surface area (Å²) in [4.78, 5) is 0.0634. The molecule has 0 saturated heterocycles. The first kappa shape index (κ1) is 10.9. The second-order valence-electron chi connectivity index (χ2n) is 2.86. The van der Waals surface area contributed by atoms with Crippen molar-refractivity contribution in [1.29, 1.82) is 0 Å². The van der Waals surface area contributed by atoms with E-state index in [2.05, 4.69) is 20.1 Å². The quantitative estimate of drug-likeness (QED) is 0.819. The van der Waals surface area contributed by atoms with E-state index in [-0.39, 0.29) is 4.90 Å². The van der Waals surface area contributed by atoms with Gasteiger partial charge in [-0.05, 0) is 29.5 Å². The zero-order valence-corrected chi connectivity index (χ0v) is 9.49. The minimum Gasteiger partial charge on any atom is -0.329 e. The topological polar surface area (TPSA) is 111 Å². The van der Waals surface area contributed by atoms with Crippen LogP contribution >= 0.6 is 11.5 Å². The number of benzene rings is 1. The van der Waals surface area contributed by atoms with Crippen molar-refractivity contribution in [3.63, 3.8) is 0 Å². The van der Waals surface area contributed by atoms with E-state index in [9.17, 15) is 8.42 Å². The van der Waals surface area contributed by atoms with E-state index in [1.165, 1.54) is 12.1 Å². The molecule has 1 aromatic carbocycles. The summed E-state index contributed by atoms with van der Waals surface area (Å²) in [6, 6.07) is 5.99. The van der Waals surface area contributed by atoms with Gasteiger partial charge in [0.25, 0.3) is 0 Å². The molecule has 0 fully saturated rings. The number of rotatable bonds is 3. The highest BCUT2D eigenvalue weighted by Gasteiger charge is 2.07. The van der Waals surface area contributed by atoms with Crippen LogP contribution in [0.15, 0.2) is 29.2 Å². The monoisotopic (exact) mass is 257 g/mol. The molecule has 0 aliphatic rings. The SMILES string of the molecule is NS(=O)(=O)c1ccc(Nc2nnns2)cc1. The van der Waals surface area contributed by atoms with Gasteiger partial charge in [0, 0.05) is 17.2 Å². The number of anilines is 2. The lowest BCUT2D eigenvalue weighted by Crippen LogP contribution is -2.11. The Kier molecular flexibility index (Phi) is 2.81. The molecular weight excluding hydrogens is 250 g/mol. The van der Waals surface area contributed by atoms with Crippen LogP contribution in [0.5, 0.6) is 0 Å². The second-order valence-corrected chi connectivity index (χ2v) is 5.16. The zero-order chi connectivity index (χ0) is 11.6. The van der Waals surface area contributed by atoms with Crippen molar-refractivity contribution in [3.8, 4) is 0 Å². The van der Waals surface area contributed by atoms with Crippen LogP contribution in [0.3, 0.4) is 0 Å². The first-order valence-corrected chi connectivity index (χ1v) is 6.42. The highest BCUT2D eigenvalue weighted by atomic mass is 32.2. The smallest absolute Gasteiger partial charge is 0.238 e. The number of hydrogen-bond donors (Lipinski definition) is 2. The summed E-state index contributed by atoms with van der Waals surface area (Å²) in [7, 11) is -3.65. The normalized spacial score (nSPS) is 11.3. The van der Waals surface area contributed by atoms with Gasteiger partial charge in [0.05, 0.1) is 4.90 Å². The fourth-order valence-corrected chi connectivity index (χ4v) is 1.94. The van der Waals surface area contributed by atoms with E-state index in [1.807, 2.05) is 0 Å². The maximum Gasteiger partial charge on any atom is 0.238 e. The predicted octanol–water partition coefficient (Wildman–Crippen LogP) is 0.324. The molecule has 0 atom stereocenters. The van der Waals surface area contributed by atoms with Gasteiger partial charge in [-0.15, -0.1) is 0 Å². The van der Waals surface area contributed by atoms with Gasteiger partial charge in [0.2, 0.25) is 15.2 Å². The molecule has 3 N–H and O–H groups in total. The van der Waals surface area contributed by atoms with E-state index in [1.54, 1.807) is 12.1 Å². The lowest BCUT2D eigenvalue weighted by molar-refractivity contribution is 0.598. The molecule has 0 radical (unpaired) electrons. The number of nitrogens with zero attached hydrogens (tertiary/aromatic N) is 3. The highest BCUT2D eigenvalue weighted by molar-refractivity contribution is 7.89. The van der Waals surface area contributed by atoms with Gasteiger partial charge in [-0.2, -0.15) is 0 Å². The van der Waals surface area contributed by atoms with E-state index < -0.39 is 10.0 Å². The molecular formula is C7H7N5O2S2. The maximum absolute atomic E-state index is 11.0. The minimum atomic E-state index is -3.65. The van der Waals surface area contributed by atoms with Crippen LogP contribution in [-0.2, 0) is 10.0 Å². The van der Waals surface area contributed by atoms with E-state index in [0.29, 0.717) is 10.8 Å². The molecule has 0 saturated carbocycles. The summed E-state index contributed by atoms with van der Waals surface area (Å²) < 4.78 is 25.6. The molecule has 0 amide bonds. The largest absolute Gasteiger partial charge is 0.329 e. The highest BCUT2D eigenvalue weighted by Crippen LogP contribution is 2.17. The molecule has 84 valence electrons. The Labute approximate surface area is 95.5 Å². The van der Waals surface area contributed by atoms with Gasteiger partial charge in [0.1, 0.15) is 0 Å². The van der Waals surface area contributed by atoms with Gasteiger partial charge < -0.3 is 5.32 Å². The average molecular weight is 257 g/mol. The molecule has 16 heavy (non-hydrogen) atoms. The molecule has 2 rings (SSSR count). The Morgan fingerprint density at radius 2 is 1.94 bits per heavy atom. The zero-order valence-electron chi connectivity index (χ0n) is 7.86. The summed E-state index contributed by atoms with van der Waals surface area (Å²) in [6.07, 6.45) is 0. The summed E-state index contributed by atoms with van der Waals surface area (Å²) >= 11 is 1.10. The van der Waals surface area contributed by atoms with Gasteiger partial charge in [-0.25, -0.2) is 13.6 Å². The Hall–Kier alpha value is -1.58. The van der Waals surface area contributed by atoms with Crippen molar-refractivity contribution in [1.82, 2.24) is 14.8 Å². The van der Waals surface area contributed by atoms with E-state index in [0.717, 1.165) is 11.5 Å².